The van der Waals surface area contributed by atoms with Crippen LogP contribution in [-0.2, 0) is 15.7 Å². The van der Waals surface area contributed by atoms with Crippen LogP contribution < -0.4 is 4.74 Å². The highest BCUT2D eigenvalue weighted by atomic mass is 19.4. The van der Waals surface area contributed by atoms with Crippen molar-refractivity contribution in [1.82, 2.24) is 14.8 Å². The number of alkyl halides is 3. The van der Waals surface area contributed by atoms with E-state index in [0.717, 1.165) is 12.1 Å². The van der Waals surface area contributed by atoms with E-state index in [2.05, 4.69) is 10.1 Å². The maximum atomic E-state index is 13.0. The van der Waals surface area contributed by atoms with Gasteiger partial charge < -0.3 is 9.47 Å². The van der Waals surface area contributed by atoms with Gasteiger partial charge in [0.2, 0.25) is 5.88 Å². The molecule has 0 unspecified atom stereocenters. The van der Waals surface area contributed by atoms with Gasteiger partial charge >= 0.3 is 12.1 Å². The predicted molar refractivity (Wildman–Crippen MR) is 86.0 cm³/mol. The molecule has 0 saturated heterocycles. The van der Waals surface area contributed by atoms with Gasteiger partial charge in [0.25, 0.3) is 0 Å². The Labute approximate surface area is 146 Å². The van der Waals surface area contributed by atoms with Crippen molar-refractivity contribution in [2.75, 3.05) is 13.2 Å². The van der Waals surface area contributed by atoms with Crippen LogP contribution in [0.3, 0.4) is 0 Å². The molecule has 0 atom stereocenters. The van der Waals surface area contributed by atoms with Gasteiger partial charge in [-0.2, -0.15) is 13.2 Å². The second-order valence-electron chi connectivity index (χ2n) is 5.23. The van der Waals surface area contributed by atoms with Gasteiger partial charge in [-0.15, -0.1) is 5.10 Å². The summed E-state index contributed by atoms with van der Waals surface area (Å²) in [7, 11) is 0. The van der Waals surface area contributed by atoms with Crippen molar-refractivity contribution in [2.45, 2.75) is 13.1 Å². The number of nitrogens with zero attached hydrogens (tertiary/aromatic N) is 3. The molecule has 9 heteroatoms. The van der Waals surface area contributed by atoms with Gasteiger partial charge in [-0.05, 0) is 37.3 Å². The van der Waals surface area contributed by atoms with Crippen LogP contribution in [0.15, 0.2) is 42.6 Å². The van der Waals surface area contributed by atoms with Crippen molar-refractivity contribution in [3.63, 3.8) is 0 Å². The van der Waals surface area contributed by atoms with Crippen LogP contribution >= 0.6 is 0 Å². The number of carbonyl (C=O) groups excluding carboxylic acids is 1. The average Bonchev–Trinajstić information content (AvgIpc) is 2.99. The quantitative estimate of drug-likeness (QED) is 0.649. The lowest BCUT2D eigenvalue weighted by Gasteiger charge is -2.09. The van der Waals surface area contributed by atoms with Crippen molar-refractivity contribution in [3.8, 4) is 11.6 Å². The first-order valence-corrected chi connectivity index (χ1v) is 7.70. The Kier molecular flexibility index (Phi) is 4.79. The zero-order valence-corrected chi connectivity index (χ0v) is 13.7. The number of halogens is 3. The lowest BCUT2D eigenvalue weighted by atomic mass is 10.2. The maximum absolute atomic E-state index is 13.0. The van der Waals surface area contributed by atoms with Gasteiger partial charge in [0.1, 0.15) is 0 Å². The van der Waals surface area contributed by atoms with Crippen molar-refractivity contribution in [2.24, 2.45) is 0 Å². The van der Waals surface area contributed by atoms with Crippen molar-refractivity contribution in [1.29, 1.82) is 0 Å². The first-order valence-electron chi connectivity index (χ1n) is 7.70. The number of carbonyl (C=O) groups is 1. The number of hydrogen-bond donors (Lipinski definition) is 0. The number of benzene rings is 1. The summed E-state index contributed by atoms with van der Waals surface area (Å²) in [6, 6.07) is 7.99. The van der Waals surface area contributed by atoms with E-state index in [9.17, 15) is 18.0 Å². The third-order valence-electron chi connectivity index (χ3n) is 3.46. The molecule has 0 aliphatic heterocycles. The van der Waals surface area contributed by atoms with Gasteiger partial charge in [-0.25, -0.2) is 14.5 Å². The summed E-state index contributed by atoms with van der Waals surface area (Å²) in [4.78, 5) is 15.6. The number of ether oxygens (including phenoxy) is 2. The molecule has 3 aromatic rings. The minimum Gasteiger partial charge on any atom is -0.464 e. The number of fused-ring (bicyclic) bond motifs is 1. The van der Waals surface area contributed by atoms with Crippen LogP contribution in [0.1, 0.15) is 12.5 Å². The summed E-state index contributed by atoms with van der Waals surface area (Å²) >= 11 is 0. The molecule has 1 aromatic carbocycles. The van der Waals surface area contributed by atoms with E-state index in [-0.39, 0.29) is 24.8 Å². The summed E-state index contributed by atoms with van der Waals surface area (Å²) in [6.45, 7) is 1.51. The lowest BCUT2D eigenvalue weighted by molar-refractivity contribution is -0.145. The third kappa shape index (κ3) is 3.61. The lowest BCUT2D eigenvalue weighted by Crippen LogP contribution is -2.15. The predicted octanol–water partition coefficient (Wildman–Crippen LogP) is 3.38. The Bertz CT molecular complexity index is 938. The summed E-state index contributed by atoms with van der Waals surface area (Å²) in [5, 5.41) is 4.64. The Hall–Kier alpha value is -3.10. The topological polar surface area (TPSA) is 66.2 Å². The van der Waals surface area contributed by atoms with E-state index in [0.29, 0.717) is 11.0 Å². The molecular formula is C17H14F3N3O3. The third-order valence-corrected chi connectivity index (χ3v) is 3.46. The van der Waals surface area contributed by atoms with E-state index >= 15 is 0 Å². The molecule has 0 amide bonds. The van der Waals surface area contributed by atoms with E-state index in [1.54, 1.807) is 19.1 Å². The van der Waals surface area contributed by atoms with E-state index < -0.39 is 17.7 Å². The number of pyridine rings is 1. The number of hydrogen-bond acceptors (Lipinski definition) is 5. The van der Waals surface area contributed by atoms with Crippen molar-refractivity contribution in [3.05, 3.63) is 48.2 Å². The zero-order chi connectivity index (χ0) is 18.7. The molecule has 2 aromatic heterocycles. The molecular weight excluding hydrogens is 351 g/mol. The minimum absolute atomic E-state index is 0.0820. The maximum Gasteiger partial charge on any atom is 0.416 e. The smallest absolute Gasteiger partial charge is 0.416 e. The van der Waals surface area contributed by atoms with Crippen LogP contribution in [0.4, 0.5) is 13.2 Å². The second-order valence-corrected chi connectivity index (χ2v) is 5.23. The van der Waals surface area contributed by atoms with Gasteiger partial charge in [0.05, 0.1) is 23.2 Å². The number of aromatic nitrogens is 3. The fourth-order valence-electron chi connectivity index (χ4n) is 2.36. The van der Waals surface area contributed by atoms with Crippen LogP contribution in [-0.4, -0.2) is 33.9 Å². The number of esters is 1. The Balaban J connectivity index is 2.01. The Morgan fingerprint density at radius 2 is 2.04 bits per heavy atom. The molecule has 0 aliphatic carbocycles. The molecule has 0 aliphatic rings. The SMILES string of the molecule is CCOC(=O)COc1nn(-c2cccc(C(F)(F)F)c2)c2ncccc12. The van der Waals surface area contributed by atoms with Gasteiger partial charge in [0.15, 0.2) is 12.3 Å². The summed E-state index contributed by atoms with van der Waals surface area (Å²) < 4.78 is 50.3. The molecule has 0 spiro atoms. The fraction of sp³-hybridized carbons (Fsp3) is 0.235. The molecule has 0 fully saturated rings. The highest BCUT2D eigenvalue weighted by molar-refractivity contribution is 5.83. The minimum atomic E-state index is -4.48. The monoisotopic (exact) mass is 365 g/mol. The molecule has 136 valence electrons. The Morgan fingerprint density at radius 3 is 2.77 bits per heavy atom. The van der Waals surface area contributed by atoms with E-state index in [4.69, 9.17) is 9.47 Å². The summed E-state index contributed by atoms with van der Waals surface area (Å²) in [6.07, 6.45) is -2.99. The second kappa shape index (κ2) is 7.03. The van der Waals surface area contributed by atoms with Crippen LogP contribution in [0, 0.1) is 0 Å². The van der Waals surface area contributed by atoms with E-state index in [1.165, 1.54) is 23.0 Å². The average molecular weight is 365 g/mol. The highest BCUT2D eigenvalue weighted by Crippen LogP contribution is 2.32. The molecule has 26 heavy (non-hydrogen) atoms. The molecule has 6 nitrogen and oxygen atoms in total. The largest absolute Gasteiger partial charge is 0.464 e. The fourth-order valence-corrected chi connectivity index (χ4v) is 2.36. The normalized spacial score (nSPS) is 11.5. The van der Waals surface area contributed by atoms with Crippen molar-refractivity contribution < 1.29 is 27.4 Å². The van der Waals surface area contributed by atoms with Crippen LogP contribution in [0.5, 0.6) is 5.88 Å². The van der Waals surface area contributed by atoms with Crippen molar-refractivity contribution >= 4 is 17.0 Å². The highest BCUT2D eigenvalue weighted by Gasteiger charge is 2.30. The molecule has 0 radical (unpaired) electrons. The van der Waals surface area contributed by atoms with Gasteiger partial charge in [-0.3, -0.25) is 0 Å². The molecule has 0 saturated carbocycles. The Morgan fingerprint density at radius 1 is 1.23 bits per heavy atom. The summed E-state index contributed by atoms with van der Waals surface area (Å²) in [5.74, 6) is -0.489. The first kappa shape index (κ1) is 17.7. The first-order chi connectivity index (χ1) is 12.4. The van der Waals surface area contributed by atoms with Gasteiger partial charge in [-0.1, -0.05) is 6.07 Å². The number of rotatable bonds is 5. The molecule has 2 heterocycles. The standard InChI is InChI=1S/C17H14F3N3O3/c1-2-25-14(24)10-26-16-13-7-4-8-21-15(13)23(22-16)12-6-3-5-11(9-12)17(18,19)20/h3-9H,2,10H2,1H3. The zero-order valence-electron chi connectivity index (χ0n) is 13.7. The van der Waals surface area contributed by atoms with Crippen LogP contribution in [0.25, 0.3) is 16.7 Å². The molecule has 0 bridgehead atoms. The molecule has 0 N–H and O–H groups in total. The van der Waals surface area contributed by atoms with Gasteiger partial charge in [0, 0.05) is 6.20 Å². The van der Waals surface area contributed by atoms with Crippen LogP contribution in [0.2, 0.25) is 0 Å². The molecule has 3 rings (SSSR count). The summed E-state index contributed by atoms with van der Waals surface area (Å²) in [5.41, 5.74) is -0.316. The van der Waals surface area contributed by atoms with E-state index in [1.807, 2.05) is 0 Å².